The SMILES string of the molecule is CCO[C@@H]1C[C@H]2C3=C(C[C@H](C(C)=O)[C@@H]2C)[C@]2(C)CC[C@@H](O[Si](C)(C)C(C)(C)C)[C@H](C)[C@H]2[C@H](C(=O)OC)[C@@H]3O1. The zero-order valence-corrected chi connectivity index (χ0v) is 26.7. The van der Waals surface area contributed by atoms with Crippen LogP contribution in [0.4, 0.5) is 0 Å². The predicted molar refractivity (Wildman–Crippen MR) is 151 cm³/mol. The number of Topliss-reactive ketones (excluding diaryl/α,β-unsaturated/α-hetero) is 1. The third-order valence-corrected chi connectivity index (χ3v) is 15.8. The van der Waals surface area contributed by atoms with Gasteiger partial charge in [-0.25, -0.2) is 0 Å². The number of hydrogen-bond acceptors (Lipinski definition) is 6. The van der Waals surface area contributed by atoms with Crippen molar-refractivity contribution in [2.24, 2.45) is 40.9 Å². The molecule has 7 heteroatoms. The van der Waals surface area contributed by atoms with E-state index in [4.69, 9.17) is 18.6 Å². The third-order valence-electron chi connectivity index (χ3n) is 11.3. The Kier molecular flexibility index (Phi) is 8.22. The van der Waals surface area contributed by atoms with Gasteiger partial charge >= 0.3 is 5.97 Å². The van der Waals surface area contributed by atoms with Gasteiger partial charge in [-0.1, -0.05) is 47.1 Å². The second kappa shape index (κ2) is 10.4. The Labute approximate surface area is 231 Å². The fraction of sp³-hybridized carbons (Fsp3) is 0.871. The summed E-state index contributed by atoms with van der Waals surface area (Å²) in [6, 6.07) is 0. The minimum Gasteiger partial charge on any atom is -0.469 e. The molecule has 0 bridgehead atoms. The molecule has 6 nitrogen and oxygen atoms in total. The van der Waals surface area contributed by atoms with Crippen LogP contribution in [0.25, 0.3) is 0 Å². The Bertz CT molecular complexity index is 966. The number of carbonyl (C=O) groups is 2. The van der Waals surface area contributed by atoms with Crippen molar-refractivity contribution in [2.45, 2.75) is 118 Å². The van der Waals surface area contributed by atoms with Crippen LogP contribution < -0.4 is 0 Å². The van der Waals surface area contributed by atoms with Crippen LogP contribution in [-0.2, 0) is 28.2 Å². The molecule has 0 aromatic rings. The van der Waals surface area contributed by atoms with Crippen LogP contribution in [0.15, 0.2) is 11.1 Å². The van der Waals surface area contributed by atoms with Crippen molar-refractivity contribution in [3.8, 4) is 0 Å². The van der Waals surface area contributed by atoms with E-state index in [1.54, 1.807) is 6.92 Å². The molecule has 3 aliphatic carbocycles. The molecule has 1 heterocycles. The predicted octanol–water partition coefficient (Wildman–Crippen LogP) is 6.54. The molecule has 216 valence electrons. The number of ketones is 1. The first kappa shape index (κ1) is 29.9. The van der Waals surface area contributed by atoms with E-state index in [9.17, 15) is 9.59 Å². The van der Waals surface area contributed by atoms with E-state index >= 15 is 0 Å². The van der Waals surface area contributed by atoms with Gasteiger partial charge in [0.1, 0.15) is 5.78 Å². The summed E-state index contributed by atoms with van der Waals surface area (Å²) in [6.45, 7) is 22.6. The number of hydrogen-bond donors (Lipinski definition) is 0. The number of ether oxygens (including phenoxy) is 3. The van der Waals surface area contributed by atoms with Crippen LogP contribution in [0.3, 0.4) is 0 Å². The molecule has 1 aliphatic heterocycles. The molecule has 4 aliphatic rings. The summed E-state index contributed by atoms with van der Waals surface area (Å²) in [6.07, 6.45) is 2.72. The molecule has 0 amide bonds. The Hall–Kier alpha value is -1.02. The lowest BCUT2D eigenvalue weighted by Crippen LogP contribution is -2.62. The number of carbonyl (C=O) groups excluding carboxylic acids is 2. The maximum atomic E-state index is 13.7. The lowest BCUT2D eigenvalue weighted by atomic mass is 9.46. The summed E-state index contributed by atoms with van der Waals surface area (Å²) in [5.74, 6) is 0.141. The van der Waals surface area contributed by atoms with E-state index in [1.807, 2.05) is 6.92 Å². The van der Waals surface area contributed by atoms with Gasteiger partial charge in [0.2, 0.25) is 0 Å². The van der Waals surface area contributed by atoms with E-state index in [0.717, 1.165) is 25.7 Å². The van der Waals surface area contributed by atoms with Gasteiger partial charge in [0, 0.05) is 25.0 Å². The minimum atomic E-state index is -2.01. The van der Waals surface area contributed by atoms with Gasteiger partial charge in [0.05, 0.1) is 19.1 Å². The average molecular weight is 549 g/mol. The van der Waals surface area contributed by atoms with Crippen LogP contribution in [0.1, 0.15) is 81.1 Å². The van der Waals surface area contributed by atoms with Gasteiger partial charge in [-0.05, 0) is 85.9 Å². The first-order valence-electron chi connectivity index (χ1n) is 14.9. The van der Waals surface area contributed by atoms with Gasteiger partial charge < -0.3 is 18.6 Å². The van der Waals surface area contributed by atoms with Crippen LogP contribution in [0, 0.1) is 40.9 Å². The minimum absolute atomic E-state index is 0.00394. The molecule has 0 N–H and O–H groups in total. The molecule has 38 heavy (non-hydrogen) atoms. The standard InChI is InChI=1S/C31H52O6Si/c1-12-35-24-16-21-17(2)20(19(4)32)15-22-25(21)28(36-24)26(29(33)34-9)27-18(3)23(13-14-31(22,27)8)37-38(10,11)30(5,6)7/h17-18,20-21,23-24,26-28H,12-16H2,1-11H3/t17-,18-,20-,21+,23+,24-,26-,27-,28+,31-/m0/s1. The largest absolute Gasteiger partial charge is 0.469 e. The van der Waals surface area contributed by atoms with E-state index in [2.05, 4.69) is 54.6 Å². The fourth-order valence-electron chi connectivity index (χ4n) is 8.26. The molecule has 4 rings (SSSR count). The Morgan fingerprint density at radius 3 is 2.37 bits per heavy atom. The second-order valence-corrected chi connectivity index (χ2v) is 19.1. The van der Waals surface area contributed by atoms with Crippen molar-refractivity contribution in [1.82, 2.24) is 0 Å². The van der Waals surface area contributed by atoms with Crippen molar-refractivity contribution >= 4 is 20.1 Å². The van der Waals surface area contributed by atoms with E-state index in [1.165, 1.54) is 18.3 Å². The average Bonchev–Trinajstić information content (AvgIpc) is 2.82. The van der Waals surface area contributed by atoms with Crippen molar-refractivity contribution in [1.29, 1.82) is 0 Å². The molecule has 10 atom stereocenters. The molecule has 0 unspecified atom stereocenters. The number of allylic oxidation sites excluding steroid dienone is 1. The first-order valence-corrected chi connectivity index (χ1v) is 17.8. The molecule has 0 aromatic carbocycles. The summed E-state index contributed by atoms with van der Waals surface area (Å²) >= 11 is 0. The van der Waals surface area contributed by atoms with Gasteiger partial charge in [-0.15, -0.1) is 0 Å². The van der Waals surface area contributed by atoms with Gasteiger partial charge in [0.15, 0.2) is 14.6 Å². The third kappa shape index (κ3) is 4.77. The highest BCUT2D eigenvalue weighted by Crippen LogP contribution is 2.64. The van der Waals surface area contributed by atoms with Gasteiger partial charge in [-0.3, -0.25) is 9.59 Å². The Morgan fingerprint density at radius 2 is 1.82 bits per heavy atom. The zero-order chi connectivity index (χ0) is 28.4. The highest BCUT2D eigenvalue weighted by molar-refractivity contribution is 6.74. The zero-order valence-electron chi connectivity index (χ0n) is 25.7. The molecule has 2 fully saturated rings. The van der Waals surface area contributed by atoms with Crippen LogP contribution in [0.2, 0.25) is 18.1 Å². The van der Waals surface area contributed by atoms with E-state index < -0.39 is 14.2 Å². The topological polar surface area (TPSA) is 71.1 Å². The summed E-state index contributed by atoms with van der Waals surface area (Å²) < 4.78 is 25.3. The van der Waals surface area contributed by atoms with Crippen LogP contribution in [0.5, 0.6) is 0 Å². The van der Waals surface area contributed by atoms with Gasteiger partial charge in [0.25, 0.3) is 0 Å². The Balaban J connectivity index is 1.85. The first-order chi connectivity index (χ1) is 17.6. The van der Waals surface area contributed by atoms with Crippen molar-refractivity contribution in [2.75, 3.05) is 13.7 Å². The molecule has 0 aromatic heterocycles. The van der Waals surface area contributed by atoms with Crippen molar-refractivity contribution in [3.63, 3.8) is 0 Å². The smallest absolute Gasteiger partial charge is 0.311 e. The monoisotopic (exact) mass is 548 g/mol. The molecule has 1 saturated carbocycles. The molecular formula is C31H52O6Si. The maximum absolute atomic E-state index is 13.7. The molecular weight excluding hydrogens is 496 g/mol. The second-order valence-electron chi connectivity index (χ2n) is 14.3. The maximum Gasteiger partial charge on any atom is 0.311 e. The molecule has 0 spiro atoms. The van der Waals surface area contributed by atoms with Crippen molar-refractivity contribution < 1.29 is 28.2 Å². The summed E-state index contributed by atoms with van der Waals surface area (Å²) in [5, 5.41) is 0.107. The number of rotatable bonds is 6. The number of fused-ring (bicyclic) bond motifs is 2. The van der Waals surface area contributed by atoms with Crippen LogP contribution >= 0.6 is 0 Å². The molecule has 1 saturated heterocycles. The highest BCUT2D eigenvalue weighted by atomic mass is 28.4. The van der Waals surface area contributed by atoms with Crippen molar-refractivity contribution in [3.05, 3.63) is 11.1 Å². The Morgan fingerprint density at radius 1 is 1.16 bits per heavy atom. The normalized spacial score (nSPS) is 41.3. The van der Waals surface area contributed by atoms with E-state index in [-0.39, 0.29) is 70.3 Å². The summed E-state index contributed by atoms with van der Waals surface area (Å²) in [5.41, 5.74) is 2.45. The van der Waals surface area contributed by atoms with Gasteiger partial charge in [-0.2, -0.15) is 0 Å². The van der Waals surface area contributed by atoms with E-state index in [0.29, 0.717) is 6.61 Å². The summed E-state index contributed by atoms with van der Waals surface area (Å²) in [7, 11) is -0.517. The highest BCUT2D eigenvalue weighted by Gasteiger charge is 2.63. The van der Waals surface area contributed by atoms with Crippen LogP contribution in [-0.4, -0.2) is 52.3 Å². The lowest BCUT2D eigenvalue weighted by molar-refractivity contribution is -0.226. The lowest BCUT2D eigenvalue weighted by Gasteiger charge is -2.62. The number of esters is 1. The quantitative estimate of drug-likeness (QED) is 0.213. The fourth-order valence-corrected chi connectivity index (χ4v) is 9.70. The molecule has 0 radical (unpaired) electrons. The number of methoxy groups -OCH3 is 1. The summed E-state index contributed by atoms with van der Waals surface area (Å²) in [4.78, 5) is 26.6.